The highest BCUT2D eigenvalue weighted by Gasteiger charge is 2.02. The first kappa shape index (κ1) is 18.1. The van der Waals surface area contributed by atoms with Crippen LogP contribution in [0.5, 0.6) is 0 Å². The third kappa shape index (κ3) is 8.36. The van der Waals surface area contributed by atoms with E-state index in [0.29, 0.717) is 32.2 Å². The van der Waals surface area contributed by atoms with Crippen LogP contribution in [0.25, 0.3) is 0 Å². The summed E-state index contributed by atoms with van der Waals surface area (Å²) in [6, 6.07) is 7.60. The molecule has 0 fully saturated rings. The van der Waals surface area contributed by atoms with E-state index in [-0.39, 0.29) is 11.8 Å². The van der Waals surface area contributed by atoms with Crippen LogP contribution in [0.15, 0.2) is 46.5 Å². The second kappa shape index (κ2) is 10.7. The van der Waals surface area contributed by atoms with E-state index in [1.165, 1.54) is 0 Å². The number of carbonyl (C=O) groups is 2. The molecular formula is C16H20BrN3O2. The standard InChI is InChI=1S/C16H20BrN3O2/c1-2-10-18-15(21)8-3-4-9-16(22)20-19-12-13-6-5-7-14(17)11-13/h2,5-7,11-12H,1,3-4,8-10H2,(H,18,21)(H,20,22)/b19-12+. The highest BCUT2D eigenvalue weighted by atomic mass is 79.9. The molecule has 2 N–H and O–H groups in total. The maximum atomic E-state index is 11.6. The van der Waals surface area contributed by atoms with Gasteiger partial charge in [-0.25, -0.2) is 5.43 Å². The Morgan fingerprint density at radius 2 is 1.95 bits per heavy atom. The van der Waals surface area contributed by atoms with Crippen molar-refractivity contribution >= 4 is 34.0 Å². The third-order valence-electron chi connectivity index (χ3n) is 2.75. The van der Waals surface area contributed by atoms with Gasteiger partial charge in [-0.05, 0) is 30.5 Å². The molecule has 0 saturated heterocycles. The fraction of sp³-hybridized carbons (Fsp3) is 0.312. The van der Waals surface area contributed by atoms with Crippen molar-refractivity contribution in [2.75, 3.05) is 6.54 Å². The van der Waals surface area contributed by atoms with Crippen molar-refractivity contribution < 1.29 is 9.59 Å². The van der Waals surface area contributed by atoms with Crippen molar-refractivity contribution in [3.63, 3.8) is 0 Å². The van der Waals surface area contributed by atoms with Crippen LogP contribution in [-0.4, -0.2) is 24.6 Å². The van der Waals surface area contributed by atoms with E-state index in [1.807, 2.05) is 24.3 Å². The van der Waals surface area contributed by atoms with Gasteiger partial charge < -0.3 is 5.32 Å². The summed E-state index contributed by atoms with van der Waals surface area (Å²) in [6.07, 6.45) is 5.32. The Bertz CT molecular complexity index is 544. The summed E-state index contributed by atoms with van der Waals surface area (Å²) in [5.41, 5.74) is 3.37. The number of hydrogen-bond donors (Lipinski definition) is 2. The SMILES string of the molecule is C=CCNC(=O)CCCCC(=O)N/N=C/c1cccc(Br)c1. The van der Waals surface area contributed by atoms with E-state index in [0.717, 1.165) is 10.0 Å². The molecule has 0 radical (unpaired) electrons. The number of hydrazone groups is 1. The van der Waals surface area contributed by atoms with Gasteiger partial charge in [-0.2, -0.15) is 5.10 Å². The van der Waals surface area contributed by atoms with Crippen molar-refractivity contribution in [3.05, 3.63) is 47.0 Å². The Morgan fingerprint density at radius 1 is 1.23 bits per heavy atom. The molecule has 2 amide bonds. The highest BCUT2D eigenvalue weighted by Crippen LogP contribution is 2.09. The van der Waals surface area contributed by atoms with E-state index in [2.05, 4.69) is 38.4 Å². The Balaban J connectivity index is 2.16. The molecule has 5 nitrogen and oxygen atoms in total. The average molecular weight is 366 g/mol. The van der Waals surface area contributed by atoms with Gasteiger partial charge in [-0.3, -0.25) is 9.59 Å². The van der Waals surface area contributed by atoms with Gasteiger partial charge in [0.2, 0.25) is 11.8 Å². The minimum atomic E-state index is -0.155. The second-order valence-corrected chi connectivity index (χ2v) is 5.56. The first-order valence-corrected chi connectivity index (χ1v) is 7.86. The summed E-state index contributed by atoms with van der Waals surface area (Å²) in [7, 11) is 0. The molecule has 0 atom stereocenters. The van der Waals surface area contributed by atoms with Crippen LogP contribution in [0.1, 0.15) is 31.2 Å². The Labute approximate surface area is 139 Å². The number of nitrogens with zero attached hydrogens (tertiary/aromatic N) is 1. The molecular weight excluding hydrogens is 346 g/mol. The quantitative estimate of drug-likeness (QED) is 0.305. The minimum Gasteiger partial charge on any atom is -0.353 e. The fourth-order valence-corrected chi connectivity index (χ4v) is 2.08. The molecule has 0 heterocycles. The molecule has 1 aromatic carbocycles. The summed E-state index contributed by atoms with van der Waals surface area (Å²) in [6.45, 7) is 4.00. The van der Waals surface area contributed by atoms with E-state index in [1.54, 1.807) is 12.3 Å². The Morgan fingerprint density at radius 3 is 2.64 bits per heavy atom. The topological polar surface area (TPSA) is 70.6 Å². The smallest absolute Gasteiger partial charge is 0.240 e. The predicted molar refractivity (Wildman–Crippen MR) is 91.6 cm³/mol. The first-order chi connectivity index (χ1) is 10.6. The van der Waals surface area contributed by atoms with Crippen molar-refractivity contribution in [1.82, 2.24) is 10.7 Å². The van der Waals surface area contributed by atoms with Gasteiger partial charge in [0.25, 0.3) is 0 Å². The number of unbranched alkanes of at least 4 members (excludes halogenated alkanes) is 1. The molecule has 1 aromatic rings. The number of halogens is 1. The average Bonchev–Trinajstić information content (AvgIpc) is 2.49. The lowest BCUT2D eigenvalue weighted by atomic mass is 10.2. The third-order valence-corrected chi connectivity index (χ3v) is 3.25. The van der Waals surface area contributed by atoms with Crippen molar-refractivity contribution in [2.45, 2.75) is 25.7 Å². The lowest BCUT2D eigenvalue weighted by molar-refractivity contribution is -0.122. The maximum Gasteiger partial charge on any atom is 0.240 e. The predicted octanol–water partition coefficient (Wildman–Crippen LogP) is 2.76. The van der Waals surface area contributed by atoms with Crippen molar-refractivity contribution in [2.24, 2.45) is 5.10 Å². The van der Waals surface area contributed by atoms with E-state index >= 15 is 0 Å². The fourth-order valence-electron chi connectivity index (χ4n) is 1.67. The van der Waals surface area contributed by atoms with Gasteiger partial charge in [0, 0.05) is 23.9 Å². The molecule has 0 spiro atoms. The maximum absolute atomic E-state index is 11.6. The molecule has 0 saturated carbocycles. The molecule has 0 aromatic heterocycles. The monoisotopic (exact) mass is 365 g/mol. The summed E-state index contributed by atoms with van der Waals surface area (Å²) in [5, 5.41) is 6.59. The Kier molecular flexibility index (Phi) is 8.83. The van der Waals surface area contributed by atoms with Crippen LogP contribution in [-0.2, 0) is 9.59 Å². The minimum absolute atomic E-state index is 0.0204. The normalized spacial score (nSPS) is 10.4. The molecule has 0 unspecified atom stereocenters. The molecule has 22 heavy (non-hydrogen) atoms. The van der Waals surface area contributed by atoms with E-state index in [9.17, 15) is 9.59 Å². The summed E-state index contributed by atoms with van der Waals surface area (Å²) >= 11 is 3.37. The van der Waals surface area contributed by atoms with Gasteiger partial charge in [0.05, 0.1) is 6.21 Å². The number of rotatable bonds is 9. The summed E-state index contributed by atoms with van der Waals surface area (Å²) in [4.78, 5) is 22.9. The van der Waals surface area contributed by atoms with Gasteiger partial charge in [0.1, 0.15) is 0 Å². The number of amides is 2. The zero-order valence-corrected chi connectivity index (χ0v) is 13.9. The molecule has 0 aliphatic heterocycles. The number of benzene rings is 1. The zero-order valence-electron chi connectivity index (χ0n) is 12.3. The van der Waals surface area contributed by atoms with Crippen LogP contribution in [0.3, 0.4) is 0 Å². The van der Waals surface area contributed by atoms with E-state index in [4.69, 9.17) is 0 Å². The van der Waals surface area contributed by atoms with E-state index < -0.39 is 0 Å². The highest BCUT2D eigenvalue weighted by molar-refractivity contribution is 9.10. The van der Waals surface area contributed by atoms with Crippen LogP contribution < -0.4 is 10.7 Å². The molecule has 118 valence electrons. The zero-order chi connectivity index (χ0) is 16.2. The summed E-state index contributed by atoms with van der Waals surface area (Å²) < 4.78 is 0.956. The van der Waals surface area contributed by atoms with Crippen LogP contribution in [0.2, 0.25) is 0 Å². The van der Waals surface area contributed by atoms with Gasteiger partial charge >= 0.3 is 0 Å². The van der Waals surface area contributed by atoms with Crippen LogP contribution in [0.4, 0.5) is 0 Å². The first-order valence-electron chi connectivity index (χ1n) is 7.07. The lowest BCUT2D eigenvalue weighted by Crippen LogP contribution is -2.23. The number of hydrogen-bond acceptors (Lipinski definition) is 3. The van der Waals surface area contributed by atoms with Gasteiger partial charge in [0.15, 0.2) is 0 Å². The number of carbonyl (C=O) groups excluding carboxylic acids is 2. The molecule has 1 rings (SSSR count). The summed E-state index contributed by atoms with van der Waals surface area (Å²) in [5.74, 6) is -0.175. The Hall–Kier alpha value is -1.95. The molecule has 0 aliphatic carbocycles. The number of nitrogens with one attached hydrogen (secondary N) is 2. The largest absolute Gasteiger partial charge is 0.353 e. The van der Waals surface area contributed by atoms with Gasteiger partial charge in [-0.1, -0.05) is 34.1 Å². The van der Waals surface area contributed by atoms with Crippen molar-refractivity contribution in [1.29, 1.82) is 0 Å². The second-order valence-electron chi connectivity index (χ2n) is 4.65. The van der Waals surface area contributed by atoms with Crippen molar-refractivity contribution in [3.8, 4) is 0 Å². The van der Waals surface area contributed by atoms with Gasteiger partial charge in [-0.15, -0.1) is 6.58 Å². The molecule has 0 bridgehead atoms. The molecule has 0 aliphatic rings. The lowest BCUT2D eigenvalue weighted by Gasteiger charge is -2.02. The van der Waals surface area contributed by atoms with Crippen LogP contribution in [0, 0.1) is 0 Å². The molecule has 6 heteroatoms. The van der Waals surface area contributed by atoms with Crippen LogP contribution >= 0.6 is 15.9 Å².